The number of benzene rings is 1. The number of nitrogens with one attached hydrogen (secondary N) is 3. The smallest absolute Gasteiger partial charge is 0.222 e. The van der Waals surface area contributed by atoms with Gasteiger partial charge in [-0.3, -0.25) is 15.1 Å². The lowest BCUT2D eigenvalue weighted by molar-refractivity contribution is -0.114. The standard InChI is InChI=1S/C20H21F2N5O/c1-13(28)26-18-10-15(6-7-25-18)19(17-11-27(12-21)9-8-24-17)20(23)14-2-4-16(22)5-3-14/h2-7,10,23-24H,8-9,11-12H2,1H3,(H,25,26,28)/b19-17-,23-20?. The molecule has 1 aliphatic rings. The van der Waals surface area contributed by atoms with E-state index in [-0.39, 0.29) is 17.4 Å². The summed E-state index contributed by atoms with van der Waals surface area (Å²) >= 11 is 0. The third-order valence-corrected chi connectivity index (χ3v) is 4.35. The number of allylic oxidation sites excluding steroid dienone is 1. The molecule has 1 fully saturated rings. The van der Waals surface area contributed by atoms with Crippen molar-refractivity contribution in [3.05, 3.63) is 65.2 Å². The van der Waals surface area contributed by atoms with Crippen LogP contribution in [0.2, 0.25) is 0 Å². The molecule has 0 saturated carbocycles. The number of rotatable bonds is 5. The lowest BCUT2D eigenvalue weighted by Crippen LogP contribution is -2.42. The van der Waals surface area contributed by atoms with Crippen molar-refractivity contribution >= 4 is 23.0 Å². The number of hydrogen-bond acceptors (Lipinski definition) is 5. The third kappa shape index (κ3) is 4.58. The average Bonchev–Trinajstić information content (AvgIpc) is 2.68. The summed E-state index contributed by atoms with van der Waals surface area (Å²) < 4.78 is 26.5. The van der Waals surface area contributed by atoms with E-state index in [1.807, 2.05) is 0 Å². The van der Waals surface area contributed by atoms with Gasteiger partial charge in [-0.2, -0.15) is 0 Å². The molecule has 1 saturated heterocycles. The van der Waals surface area contributed by atoms with Crippen LogP contribution in [-0.4, -0.2) is 47.9 Å². The van der Waals surface area contributed by atoms with Gasteiger partial charge in [0.1, 0.15) is 18.4 Å². The number of anilines is 1. The van der Waals surface area contributed by atoms with E-state index < -0.39 is 6.80 Å². The van der Waals surface area contributed by atoms with Gasteiger partial charge < -0.3 is 10.6 Å². The Morgan fingerprint density at radius 3 is 2.71 bits per heavy atom. The number of piperazine rings is 1. The summed E-state index contributed by atoms with van der Waals surface area (Å²) in [5.41, 5.74) is 2.59. The first kappa shape index (κ1) is 19.6. The van der Waals surface area contributed by atoms with Gasteiger partial charge in [0.25, 0.3) is 0 Å². The Bertz CT molecular complexity index is 911. The van der Waals surface area contributed by atoms with Gasteiger partial charge in [0.2, 0.25) is 5.91 Å². The quantitative estimate of drug-likeness (QED) is 0.546. The summed E-state index contributed by atoms with van der Waals surface area (Å²) in [7, 11) is 0. The number of nitrogens with zero attached hydrogens (tertiary/aromatic N) is 2. The molecule has 0 atom stereocenters. The van der Waals surface area contributed by atoms with Gasteiger partial charge in [0.15, 0.2) is 0 Å². The molecular formula is C20H21F2N5O. The van der Waals surface area contributed by atoms with Crippen LogP contribution < -0.4 is 10.6 Å². The van der Waals surface area contributed by atoms with Crippen molar-refractivity contribution in [2.45, 2.75) is 6.92 Å². The maximum Gasteiger partial charge on any atom is 0.222 e. The molecule has 8 heteroatoms. The Morgan fingerprint density at radius 1 is 1.29 bits per heavy atom. The Labute approximate surface area is 161 Å². The third-order valence-electron chi connectivity index (χ3n) is 4.35. The van der Waals surface area contributed by atoms with Crippen molar-refractivity contribution in [2.24, 2.45) is 0 Å². The number of aromatic nitrogens is 1. The predicted molar refractivity (Wildman–Crippen MR) is 104 cm³/mol. The van der Waals surface area contributed by atoms with Crippen LogP contribution in [0.25, 0.3) is 5.57 Å². The molecule has 1 aliphatic heterocycles. The number of pyridine rings is 1. The molecule has 0 unspecified atom stereocenters. The van der Waals surface area contributed by atoms with Crippen LogP contribution in [0, 0.1) is 11.2 Å². The molecule has 1 aromatic carbocycles. The lowest BCUT2D eigenvalue weighted by Gasteiger charge is -2.29. The number of hydrogen-bond donors (Lipinski definition) is 3. The number of carbonyl (C=O) groups excluding carboxylic acids is 1. The van der Waals surface area contributed by atoms with Gasteiger partial charge >= 0.3 is 0 Å². The van der Waals surface area contributed by atoms with E-state index in [1.165, 1.54) is 37.4 Å². The maximum atomic E-state index is 13.3. The molecule has 0 bridgehead atoms. The zero-order chi connectivity index (χ0) is 20.1. The van der Waals surface area contributed by atoms with Gasteiger partial charge in [-0.1, -0.05) is 0 Å². The van der Waals surface area contributed by atoms with Gasteiger partial charge in [-0.25, -0.2) is 13.8 Å². The molecule has 3 rings (SSSR count). The molecule has 2 heterocycles. The fraction of sp³-hybridized carbons (Fsp3) is 0.250. The van der Waals surface area contributed by atoms with Crippen LogP contribution in [0.15, 0.2) is 48.3 Å². The van der Waals surface area contributed by atoms with Gasteiger partial charge in [-0.05, 0) is 42.0 Å². The summed E-state index contributed by atoms with van der Waals surface area (Å²) in [5.74, 6) is -0.290. The summed E-state index contributed by atoms with van der Waals surface area (Å²) in [6, 6.07) is 9.04. The van der Waals surface area contributed by atoms with Crippen LogP contribution in [0.5, 0.6) is 0 Å². The van der Waals surface area contributed by atoms with Crippen LogP contribution in [-0.2, 0) is 4.79 Å². The highest BCUT2D eigenvalue weighted by molar-refractivity contribution is 6.31. The second-order valence-corrected chi connectivity index (χ2v) is 6.45. The summed E-state index contributed by atoms with van der Waals surface area (Å²) in [4.78, 5) is 17.1. The fourth-order valence-electron chi connectivity index (χ4n) is 3.06. The van der Waals surface area contributed by atoms with Crippen molar-refractivity contribution in [3.63, 3.8) is 0 Å². The molecule has 1 amide bonds. The first-order valence-corrected chi connectivity index (χ1v) is 8.82. The normalized spacial score (nSPS) is 16.2. The molecule has 2 aromatic rings. The van der Waals surface area contributed by atoms with Crippen molar-refractivity contribution in [1.29, 1.82) is 5.41 Å². The van der Waals surface area contributed by atoms with Crippen molar-refractivity contribution < 1.29 is 13.6 Å². The highest BCUT2D eigenvalue weighted by Crippen LogP contribution is 2.26. The van der Waals surface area contributed by atoms with Gasteiger partial charge in [0, 0.05) is 49.6 Å². The number of halogens is 2. The second kappa shape index (κ2) is 8.71. The Morgan fingerprint density at radius 2 is 2.04 bits per heavy atom. The zero-order valence-electron chi connectivity index (χ0n) is 15.4. The van der Waals surface area contributed by atoms with E-state index in [2.05, 4.69) is 15.6 Å². The molecule has 0 radical (unpaired) electrons. The predicted octanol–water partition coefficient (Wildman–Crippen LogP) is 2.79. The molecule has 146 valence electrons. The molecule has 1 aromatic heterocycles. The van der Waals surface area contributed by atoms with Crippen LogP contribution in [0.1, 0.15) is 18.1 Å². The van der Waals surface area contributed by atoms with Crippen LogP contribution in [0.3, 0.4) is 0 Å². The first-order chi connectivity index (χ1) is 13.5. The van der Waals surface area contributed by atoms with Gasteiger partial charge in [0.05, 0.1) is 5.71 Å². The zero-order valence-corrected chi connectivity index (χ0v) is 15.4. The topological polar surface area (TPSA) is 81.1 Å². The largest absolute Gasteiger partial charge is 0.385 e. The number of alkyl halides is 1. The summed E-state index contributed by atoms with van der Waals surface area (Å²) in [6.45, 7) is 2.22. The second-order valence-electron chi connectivity index (χ2n) is 6.45. The molecule has 28 heavy (non-hydrogen) atoms. The first-order valence-electron chi connectivity index (χ1n) is 8.82. The Kier molecular flexibility index (Phi) is 6.10. The Hall–Kier alpha value is -3.13. The van der Waals surface area contributed by atoms with Crippen LogP contribution >= 0.6 is 0 Å². The molecular weight excluding hydrogens is 364 g/mol. The number of amides is 1. The summed E-state index contributed by atoms with van der Waals surface area (Å²) in [5, 5.41) is 14.6. The van der Waals surface area contributed by atoms with E-state index >= 15 is 0 Å². The van der Waals surface area contributed by atoms with E-state index in [1.54, 1.807) is 17.0 Å². The molecule has 3 N–H and O–H groups in total. The molecule has 6 nitrogen and oxygen atoms in total. The molecule has 0 spiro atoms. The van der Waals surface area contributed by atoms with Crippen LogP contribution in [0.4, 0.5) is 14.6 Å². The number of carbonyl (C=O) groups is 1. The van der Waals surface area contributed by atoms with E-state index in [0.717, 1.165) is 0 Å². The monoisotopic (exact) mass is 385 g/mol. The van der Waals surface area contributed by atoms with Crippen molar-refractivity contribution in [2.75, 3.05) is 31.7 Å². The highest BCUT2D eigenvalue weighted by Gasteiger charge is 2.22. The lowest BCUT2D eigenvalue weighted by atomic mass is 9.93. The van der Waals surface area contributed by atoms with Gasteiger partial charge in [-0.15, -0.1) is 0 Å². The van der Waals surface area contributed by atoms with E-state index in [9.17, 15) is 13.6 Å². The van der Waals surface area contributed by atoms with E-state index in [4.69, 9.17) is 5.41 Å². The average molecular weight is 385 g/mol. The van der Waals surface area contributed by atoms with Crippen molar-refractivity contribution in [1.82, 2.24) is 15.2 Å². The SMILES string of the molecule is CC(=O)Nc1cc(/C(C(=N)c2ccc(F)cc2)=C2\CN(CF)CCN2)ccn1. The highest BCUT2D eigenvalue weighted by atomic mass is 19.1. The Balaban J connectivity index is 2.08. The molecule has 0 aliphatic carbocycles. The summed E-state index contributed by atoms with van der Waals surface area (Å²) in [6.07, 6.45) is 1.54. The fourth-order valence-corrected chi connectivity index (χ4v) is 3.06. The van der Waals surface area contributed by atoms with Crippen molar-refractivity contribution in [3.8, 4) is 0 Å². The minimum atomic E-state index is -0.587. The minimum absolute atomic E-state index is 0.170. The van der Waals surface area contributed by atoms with E-state index in [0.29, 0.717) is 47.8 Å². The minimum Gasteiger partial charge on any atom is -0.385 e. The maximum absolute atomic E-state index is 13.3.